The van der Waals surface area contributed by atoms with Gasteiger partial charge in [-0.25, -0.2) is 0 Å². The molecule has 0 saturated carbocycles. The smallest absolute Gasteiger partial charge is 0.0521 e. The van der Waals surface area contributed by atoms with E-state index in [1.165, 1.54) is 38.5 Å². The lowest BCUT2D eigenvalue weighted by Gasteiger charge is -2.04. The molecule has 3 aromatic rings. The van der Waals surface area contributed by atoms with Gasteiger partial charge in [0.15, 0.2) is 0 Å². The number of nitrogens with zero attached hydrogens (tertiary/aromatic N) is 1. The third-order valence-corrected chi connectivity index (χ3v) is 4.27. The summed E-state index contributed by atoms with van der Waals surface area (Å²) in [7, 11) is 2.16. The quantitative estimate of drug-likeness (QED) is 0.589. The molecule has 0 aliphatic carbocycles. The van der Waals surface area contributed by atoms with Gasteiger partial charge in [-0.15, -0.1) is 0 Å². The van der Waals surface area contributed by atoms with E-state index in [1.807, 2.05) is 6.08 Å². The Bertz CT molecular complexity index is 863. The molecule has 0 atom stereocenters. The lowest BCUT2D eigenvalue weighted by molar-refractivity contribution is 0.994. The van der Waals surface area contributed by atoms with Crippen molar-refractivity contribution in [3.05, 3.63) is 59.7 Å². The highest BCUT2D eigenvalue weighted by atomic mass is 14.9. The van der Waals surface area contributed by atoms with E-state index in [1.54, 1.807) is 0 Å². The molecule has 0 fully saturated rings. The second kappa shape index (κ2) is 5.25. The average molecular weight is 275 g/mol. The minimum atomic E-state index is 1.05. The Labute approximate surface area is 126 Å². The summed E-state index contributed by atoms with van der Waals surface area (Å²) >= 11 is 0. The minimum Gasteiger partial charge on any atom is -0.343 e. The van der Waals surface area contributed by atoms with Crippen LogP contribution in [-0.2, 0) is 13.5 Å². The molecule has 1 nitrogen and oxygen atoms in total. The third-order valence-electron chi connectivity index (χ3n) is 4.27. The maximum absolute atomic E-state index is 4.04. The first-order valence-corrected chi connectivity index (χ1v) is 7.51. The summed E-state index contributed by atoms with van der Waals surface area (Å²) in [4.78, 5) is 0. The van der Waals surface area contributed by atoms with E-state index in [9.17, 15) is 0 Å². The summed E-state index contributed by atoms with van der Waals surface area (Å²) in [6.45, 7) is 8.30. The maximum Gasteiger partial charge on any atom is 0.0521 e. The van der Waals surface area contributed by atoms with Gasteiger partial charge >= 0.3 is 0 Å². The van der Waals surface area contributed by atoms with Crippen molar-refractivity contribution in [2.24, 2.45) is 7.05 Å². The monoisotopic (exact) mass is 275 g/mol. The molecule has 0 saturated heterocycles. The van der Waals surface area contributed by atoms with E-state index in [0.717, 1.165) is 6.42 Å². The van der Waals surface area contributed by atoms with Crippen LogP contribution < -0.4 is 0 Å². The fraction of sp³-hybridized carbons (Fsp3) is 0.200. The third kappa shape index (κ3) is 1.92. The van der Waals surface area contributed by atoms with Gasteiger partial charge in [-0.05, 0) is 36.1 Å². The average Bonchev–Trinajstić information content (AvgIpc) is 2.81. The molecule has 0 radical (unpaired) electrons. The van der Waals surface area contributed by atoms with Crippen LogP contribution in [0.15, 0.2) is 43.0 Å². The number of allylic oxidation sites excluding steroid dienone is 1. The van der Waals surface area contributed by atoms with Crippen LogP contribution in [0.2, 0.25) is 0 Å². The first-order chi connectivity index (χ1) is 10.2. The van der Waals surface area contributed by atoms with E-state index in [0.29, 0.717) is 0 Å². The minimum absolute atomic E-state index is 1.05. The Morgan fingerprint density at radius 2 is 2.00 bits per heavy atom. The Balaban J connectivity index is 2.57. The Morgan fingerprint density at radius 3 is 2.67 bits per heavy atom. The molecule has 2 aromatic carbocycles. The lowest BCUT2D eigenvalue weighted by atomic mass is 9.99. The molecule has 0 aliphatic rings. The normalized spacial score (nSPS) is 11.8. The zero-order valence-corrected chi connectivity index (χ0v) is 13.0. The highest BCUT2D eigenvalue weighted by Gasteiger charge is 2.14. The van der Waals surface area contributed by atoms with Gasteiger partial charge in [-0.2, -0.15) is 0 Å². The van der Waals surface area contributed by atoms with Gasteiger partial charge in [0.25, 0.3) is 0 Å². The predicted molar refractivity (Wildman–Crippen MR) is 94.6 cm³/mol. The molecule has 0 N–H and O–H groups in total. The van der Waals surface area contributed by atoms with Crippen LogP contribution >= 0.6 is 0 Å². The predicted octanol–water partition coefficient (Wildman–Crippen LogP) is 5.57. The van der Waals surface area contributed by atoms with E-state index >= 15 is 0 Å². The number of hydrogen-bond donors (Lipinski definition) is 0. The molecular formula is C20H21N. The van der Waals surface area contributed by atoms with E-state index < -0.39 is 0 Å². The van der Waals surface area contributed by atoms with Crippen LogP contribution in [0.5, 0.6) is 0 Å². The highest BCUT2D eigenvalue weighted by Crippen LogP contribution is 2.35. The van der Waals surface area contributed by atoms with Gasteiger partial charge in [0.2, 0.25) is 0 Å². The highest BCUT2D eigenvalue weighted by molar-refractivity contribution is 6.13. The maximum atomic E-state index is 4.04. The van der Waals surface area contributed by atoms with Crippen molar-refractivity contribution in [3.8, 4) is 0 Å². The molecule has 0 amide bonds. The summed E-state index contributed by atoms with van der Waals surface area (Å²) in [5.41, 5.74) is 6.47. The van der Waals surface area contributed by atoms with Crippen molar-refractivity contribution in [2.45, 2.75) is 20.3 Å². The van der Waals surface area contributed by atoms with E-state index in [4.69, 9.17) is 0 Å². The van der Waals surface area contributed by atoms with Crippen LogP contribution in [0, 0.1) is 0 Å². The number of fused-ring (bicyclic) bond motifs is 3. The molecular weight excluding hydrogens is 254 g/mol. The topological polar surface area (TPSA) is 4.93 Å². The standard InChI is InChI=1S/C20H21N/c1-5-9-15-12-13-18-19(16(15)7-3)17-11-8-10-14(6-2)20(17)21(18)4/h5,7-13H,3,6H2,1-2,4H3/b9-5-. The lowest BCUT2D eigenvalue weighted by Crippen LogP contribution is -1.91. The fourth-order valence-corrected chi connectivity index (χ4v) is 3.33. The van der Waals surface area contributed by atoms with Crippen LogP contribution in [0.4, 0.5) is 0 Å². The molecule has 1 heterocycles. The Hall–Kier alpha value is -2.28. The molecule has 0 aliphatic heterocycles. The van der Waals surface area contributed by atoms with Crippen molar-refractivity contribution in [3.63, 3.8) is 0 Å². The van der Waals surface area contributed by atoms with Crippen molar-refractivity contribution < 1.29 is 0 Å². The van der Waals surface area contributed by atoms with Crippen LogP contribution in [-0.4, -0.2) is 4.57 Å². The summed E-state index contributed by atoms with van der Waals surface area (Å²) in [6.07, 6.45) is 7.26. The molecule has 0 bridgehead atoms. The van der Waals surface area contributed by atoms with Gasteiger partial charge in [0.1, 0.15) is 0 Å². The first-order valence-electron chi connectivity index (χ1n) is 7.51. The van der Waals surface area contributed by atoms with Gasteiger partial charge in [0.05, 0.1) is 5.52 Å². The number of aryl methyl sites for hydroxylation is 2. The van der Waals surface area contributed by atoms with Crippen molar-refractivity contribution in [2.75, 3.05) is 0 Å². The van der Waals surface area contributed by atoms with Crippen LogP contribution in [0.1, 0.15) is 30.5 Å². The molecule has 106 valence electrons. The Morgan fingerprint density at radius 1 is 1.19 bits per heavy atom. The van der Waals surface area contributed by atoms with Gasteiger partial charge in [-0.1, -0.05) is 56.0 Å². The first kappa shape index (κ1) is 13.7. The second-order valence-electron chi connectivity index (χ2n) is 5.39. The van der Waals surface area contributed by atoms with E-state index in [-0.39, 0.29) is 0 Å². The summed E-state index contributed by atoms with van der Waals surface area (Å²) < 4.78 is 2.32. The summed E-state index contributed by atoms with van der Waals surface area (Å²) in [5, 5.41) is 2.64. The summed E-state index contributed by atoms with van der Waals surface area (Å²) in [6, 6.07) is 11.0. The van der Waals surface area contributed by atoms with Gasteiger partial charge < -0.3 is 4.57 Å². The fourth-order valence-electron chi connectivity index (χ4n) is 3.33. The second-order valence-corrected chi connectivity index (χ2v) is 5.39. The largest absolute Gasteiger partial charge is 0.343 e. The van der Waals surface area contributed by atoms with Crippen molar-refractivity contribution in [1.29, 1.82) is 0 Å². The molecule has 3 rings (SSSR count). The molecule has 1 aromatic heterocycles. The zero-order valence-electron chi connectivity index (χ0n) is 13.0. The van der Waals surface area contributed by atoms with Crippen LogP contribution in [0.25, 0.3) is 34.0 Å². The Kier molecular flexibility index (Phi) is 3.42. The van der Waals surface area contributed by atoms with Gasteiger partial charge in [-0.3, -0.25) is 0 Å². The SMILES string of the molecule is C=Cc1c(/C=C\C)ccc2c1c1cccc(CC)c1n2C. The number of aromatic nitrogens is 1. The number of hydrogen-bond acceptors (Lipinski definition) is 0. The molecule has 0 spiro atoms. The van der Waals surface area contributed by atoms with Gasteiger partial charge in [0, 0.05) is 23.3 Å². The zero-order chi connectivity index (χ0) is 15.0. The van der Waals surface area contributed by atoms with Crippen molar-refractivity contribution >= 4 is 34.0 Å². The number of rotatable bonds is 3. The van der Waals surface area contributed by atoms with Crippen LogP contribution in [0.3, 0.4) is 0 Å². The number of para-hydroxylation sites is 1. The molecule has 1 heteroatoms. The molecule has 0 unspecified atom stereocenters. The molecule has 21 heavy (non-hydrogen) atoms. The van der Waals surface area contributed by atoms with Crippen molar-refractivity contribution in [1.82, 2.24) is 4.57 Å². The number of benzene rings is 2. The van der Waals surface area contributed by atoms with E-state index in [2.05, 4.69) is 74.5 Å². The summed E-state index contributed by atoms with van der Waals surface area (Å²) in [5.74, 6) is 0.